The number of carbonyl (C=O) groups excluding carboxylic acids is 2. The van der Waals surface area contributed by atoms with Gasteiger partial charge in [-0.15, -0.1) is 6.42 Å². The van der Waals surface area contributed by atoms with Crippen LogP contribution in [0.15, 0.2) is 60.7 Å². The summed E-state index contributed by atoms with van der Waals surface area (Å²) in [6.45, 7) is 11.2. The zero-order valence-corrected chi connectivity index (χ0v) is 23.8. The summed E-state index contributed by atoms with van der Waals surface area (Å²) in [5.74, 6) is 2.82. The van der Waals surface area contributed by atoms with Crippen molar-refractivity contribution >= 4 is 39.4 Å². The lowest BCUT2D eigenvalue weighted by atomic mass is 9.97. The molecular weight excluding hydrogens is 504 g/mol. The van der Waals surface area contributed by atoms with Gasteiger partial charge in [0, 0.05) is 22.0 Å². The highest BCUT2D eigenvalue weighted by atomic mass is 16.6. The van der Waals surface area contributed by atoms with Gasteiger partial charge in [-0.05, 0) is 95.0 Å². The minimum atomic E-state index is -0.615. The number of fused-ring (bicyclic) bond motifs is 3. The Bertz CT molecular complexity index is 1600. The minimum absolute atomic E-state index is 0.141. The lowest BCUT2D eigenvalue weighted by Gasteiger charge is -2.20. The maximum absolute atomic E-state index is 12.6. The summed E-state index contributed by atoms with van der Waals surface area (Å²) >= 11 is 0. The largest absolute Gasteiger partial charge is 0.481 e. The Morgan fingerprint density at radius 1 is 0.850 bits per heavy atom. The van der Waals surface area contributed by atoms with Crippen LogP contribution in [0.25, 0.3) is 32.9 Å². The molecule has 0 spiro atoms. The molecule has 4 aromatic rings. The molecule has 0 radical (unpaired) electrons. The first-order valence-electron chi connectivity index (χ1n) is 13.1. The molecule has 0 saturated carbocycles. The van der Waals surface area contributed by atoms with Crippen LogP contribution >= 0.6 is 0 Å². The number of benzene rings is 3. The van der Waals surface area contributed by atoms with E-state index in [4.69, 9.17) is 25.6 Å². The van der Waals surface area contributed by atoms with E-state index >= 15 is 0 Å². The molecule has 0 aliphatic heterocycles. The zero-order valence-electron chi connectivity index (χ0n) is 23.8. The van der Waals surface area contributed by atoms with Gasteiger partial charge >= 0.3 is 12.1 Å². The van der Waals surface area contributed by atoms with Gasteiger partial charge in [0.25, 0.3) is 0 Å². The number of anilines is 1. The molecular formula is C33H34N2O5. The van der Waals surface area contributed by atoms with Crippen LogP contribution in [-0.4, -0.2) is 34.9 Å². The summed E-state index contributed by atoms with van der Waals surface area (Å²) in [6.07, 6.45) is 4.92. The molecule has 0 saturated heterocycles. The number of aromatic nitrogens is 1. The van der Waals surface area contributed by atoms with Gasteiger partial charge in [0.15, 0.2) is 0 Å². The summed E-state index contributed by atoms with van der Waals surface area (Å²) in [4.78, 5) is 29.9. The van der Waals surface area contributed by atoms with E-state index in [0.717, 1.165) is 33.0 Å². The van der Waals surface area contributed by atoms with Gasteiger partial charge in [-0.2, -0.15) is 0 Å². The molecule has 40 heavy (non-hydrogen) atoms. The van der Waals surface area contributed by atoms with E-state index in [2.05, 4.69) is 11.2 Å². The predicted molar refractivity (Wildman–Crippen MR) is 158 cm³/mol. The van der Waals surface area contributed by atoms with Crippen LogP contribution in [0.5, 0.6) is 5.75 Å². The monoisotopic (exact) mass is 538 g/mol. The van der Waals surface area contributed by atoms with E-state index in [1.807, 2.05) is 102 Å². The molecule has 1 N–H and O–H groups in total. The topological polar surface area (TPSA) is 86.8 Å². The summed E-state index contributed by atoms with van der Waals surface area (Å²) in [6, 6.07) is 19.0. The van der Waals surface area contributed by atoms with Crippen molar-refractivity contribution < 1.29 is 23.8 Å². The van der Waals surface area contributed by atoms with Gasteiger partial charge < -0.3 is 14.2 Å². The average Bonchev–Trinajstić information content (AvgIpc) is 2.84. The second kappa shape index (κ2) is 11.3. The number of hydrogen-bond donors (Lipinski definition) is 1. The third-order valence-electron chi connectivity index (χ3n) is 5.72. The molecule has 0 unspecified atom stereocenters. The van der Waals surface area contributed by atoms with Gasteiger partial charge in [-0.3, -0.25) is 10.1 Å². The number of hydrogen-bond acceptors (Lipinski definition) is 6. The second-order valence-corrected chi connectivity index (χ2v) is 11.5. The minimum Gasteiger partial charge on any atom is -0.481 e. The van der Waals surface area contributed by atoms with Gasteiger partial charge in [-0.1, -0.05) is 24.1 Å². The summed E-state index contributed by atoms with van der Waals surface area (Å²) in [5.41, 5.74) is 2.50. The zero-order chi connectivity index (χ0) is 29.1. The van der Waals surface area contributed by atoms with Crippen molar-refractivity contribution in [1.29, 1.82) is 0 Å². The van der Waals surface area contributed by atoms with Crippen LogP contribution in [-0.2, 0) is 20.7 Å². The van der Waals surface area contributed by atoms with E-state index in [9.17, 15) is 9.59 Å². The molecule has 7 nitrogen and oxygen atoms in total. The molecule has 0 fully saturated rings. The molecule has 0 atom stereocenters. The van der Waals surface area contributed by atoms with E-state index in [1.54, 1.807) is 0 Å². The van der Waals surface area contributed by atoms with E-state index in [-0.39, 0.29) is 19.0 Å². The third kappa shape index (κ3) is 7.29. The van der Waals surface area contributed by atoms with Crippen LogP contribution in [0.4, 0.5) is 10.5 Å². The van der Waals surface area contributed by atoms with E-state index in [0.29, 0.717) is 17.0 Å². The standard InChI is InChI=1S/C33H34N2O5/c1-8-17-38-24-13-10-22(11-14-24)30-27-18-21(19-29(36)39-32(2,3)4)9-15-25(27)26-16-12-23(20-28(26)35-30)34-31(37)40-33(5,6)7/h1,9-16,18,20H,17,19H2,2-7H3,(H,34,37). The predicted octanol–water partition coefficient (Wildman–Crippen LogP) is 7.30. The van der Waals surface area contributed by atoms with Crippen molar-refractivity contribution in [3.05, 3.63) is 66.2 Å². The number of terminal acetylenes is 1. The van der Waals surface area contributed by atoms with Gasteiger partial charge in [-0.25, -0.2) is 9.78 Å². The summed E-state index contributed by atoms with van der Waals surface area (Å²) in [7, 11) is 0. The molecule has 1 aromatic heterocycles. The number of esters is 1. The van der Waals surface area contributed by atoms with Crippen molar-refractivity contribution in [2.45, 2.75) is 59.2 Å². The van der Waals surface area contributed by atoms with Crippen LogP contribution < -0.4 is 10.1 Å². The average molecular weight is 539 g/mol. The van der Waals surface area contributed by atoms with Crippen molar-refractivity contribution in [3.8, 4) is 29.4 Å². The fourth-order valence-corrected chi connectivity index (χ4v) is 4.26. The van der Waals surface area contributed by atoms with Crippen LogP contribution in [0.1, 0.15) is 47.1 Å². The van der Waals surface area contributed by atoms with Crippen LogP contribution in [0, 0.1) is 12.3 Å². The van der Waals surface area contributed by atoms with Crippen molar-refractivity contribution in [1.82, 2.24) is 4.98 Å². The number of nitrogens with zero attached hydrogens (tertiary/aromatic N) is 1. The van der Waals surface area contributed by atoms with Crippen LogP contribution in [0.2, 0.25) is 0 Å². The highest BCUT2D eigenvalue weighted by Crippen LogP contribution is 2.35. The Morgan fingerprint density at radius 3 is 2.17 bits per heavy atom. The smallest absolute Gasteiger partial charge is 0.412 e. The highest BCUT2D eigenvalue weighted by molar-refractivity contribution is 6.12. The fraction of sp³-hybridized carbons (Fsp3) is 0.303. The Labute approximate surface area is 234 Å². The Morgan fingerprint density at radius 2 is 1.52 bits per heavy atom. The summed E-state index contributed by atoms with van der Waals surface area (Å²) in [5, 5.41) is 5.55. The number of carbonyl (C=O) groups is 2. The fourth-order valence-electron chi connectivity index (χ4n) is 4.26. The highest BCUT2D eigenvalue weighted by Gasteiger charge is 2.19. The number of nitrogens with one attached hydrogen (secondary N) is 1. The maximum atomic E-state index is 12.6. The molecule has 0 bridgehead atoms. The lowest BCUT2D eigenvalue weighted by molar-refractivity contribution is -0.153. The van der Waals surface area contributed by atoms with Crippen molar-refractivity contribution in [2.75, 3.05) is 11.9 Å². The normalized spacial score (nSPS) is 11.6. The first-order chi connectivity index (χ1) is 18.8. The van der Waals surface area contributed by atoms with E-state index < -0.39 is 17.3 Å². The first-order valence-corrected chi connectivity index (χ1v) is 13.1. The number of ether oxygens (including phenoxy) is 3. The van der Waals surface area contributed by atoms with Gasteiger partial charge in [0.2, 0.25) is 0 Å². The molecule has 206 valence electrons. The van der Waals surface area contributed by atoms with Gasteiger partial charge in [0.05, 0.1) is 17.6 Å². The second-order valence-electron chi connectivity index (χ2n) is 11.5. The molecule has 1 amide bonds. The Kier molecular flexibility index (Phi) is 8.01. The summed E-state index contributed by atoms with van der Waals surface area (Å²) < 4.78 is 16.5. The Hall–Kier alpha value is -4.57. The molecule has 7 heteroatoms. The quantitative estimate of drug-likeness (QED) is 0.157. The van der Waals surface area contributed by atoms with E-state index in [1.165, 1.54) is 0 Å². The molecule has 1 heterocycles. The maximum Gasteiger partial charge on any atom is 0.412 e. The molecule has 4 rings (SSSR count). The molecule has 0 aliphatic carbocycles. The van der Waals surface area contributed by atoms with Gasteiger partial charge in [0.1, 0.15) is 23.6 Å². The van der Waals surface area contributed by atoms with Crippen LogP contribution in [0.3, 0.4) is 0 Å². The first kappa shape index (κ1) is 28.4. The van der Waals surface area contributed by atoms with Crippen molar-refractivity contribution in [3.63, 3.8) is 0 Å². The SMILES string of the molecule is C#CCOc1ccc(-c2nc3cc(NC(=O)OC(C)(C)C)ccc3c3ccc(CC(=O)OC(C)(C)C)cc23)cc1. The third-order valence-corrected chi connectivity index (χ3v) is 5.72. The van der Waals surface area contributed by atoms with Crippen molar-refractivity contribution in [2.24, 2.45) is 0 Å². The number of pyridine rings is 1. The number of amides is 1. The molecule has 3 aromatic carbocycles. The molecule has 0 aliphatic rings. The Balaban J connectivity index is 1.80. The lowest BCUT2D eigenvalue weighted by Crippen LogP contribution is -2.27. The number of rotatable bonds is 6.